The number of rotatable bonds is 8. The normalized spacial score (nSPS) is 14.2. The summed E-state index contributed by atoms with van der Waals surface area (Å²) in [6.45, 7) is 5.49. The molecule has 0 radical (unpaired) electrons. The van der Waals surface area contributed by atoms with Crippen LogP contribution in [0.2, 0.25) is 13.1 Å². The summed E-state index contributed by atoms with van der Waals surface area (Å²) in [5, 5.41) is 16.5. The van der Waals surface area contributed by atoms with Crippen molar-refractivity contribution in [3.8, 4) is 5.40 Å². The van der Waals surface area contributed by atoms with E-state index in [9.17, 15) is 0 Å². The molecule has 0 saturated heterocycles. The molecule has 0 fully saturated rings. The molecule has 5 rings (SSSR count). The molecule has 4 aromatic rings. The summed E-state index contributed by atoms with van der Waals surface area (Å²) in [4.78, 5) is 4.12. The third-order valence-electron chi connectivity index (χ3n) is 7.24. The number of nitrogens with zero attached hydrogens (tertiary/aromatic N) is 2. The summed E-state index contributed by atoms with van der Waals surface area (Å²) in [6.07, 6.45) is 0. The van der Waals surface area contributed by atoms with Gasteiger partial charge in [-0.1, -0.05) is 122 Å². The van der Waals surface area contributed by atoms with Crippen molar-refractivity contribution in [2.45, 2.75) is 25.4 Å². The number of allylic oxidation sites excluding steroid dienone is 2. The number of nitriles is 1. The predicted molar refractivity (Wildman–Crippen MR) is 173 cm³/mol. The van der Waals surface area contributed by atoms with E-state index in [0.29, 0.717) is 12.3 Å². The van der Waals surface area contributed by atoms with E-state index in [2.05, 4.69) is 138 Å². The molecule has 4 aromatic carbocycles. The Morgan fingerprint density at radius 3 is 1.56 bits per heavy atom. The van der Waals surface area contributed by atoms with Crippen molar-refractivity contribution in [1.29, 1.82) is 5.26 Å². The third kappa shape index (κ3) is 5.52. The molecule has 0 amide bonds. The van der Waals surface area contributed by atoms with Crippen LogP contribution in [0.1, 0.15) is 33.4 Å². The second-order valence-corrected chi connectivity index (χ2v) is 15.2. The van der Waals surface area contributed by atoms with Crippen LogP contribution in [0, 0.1) is 10.7 Å². The number of benzene rings is 4. The van der Waals surface area contributed by atoms with E-state index < -0.39 is 8.07 Å². The fourth-order valence-corrected chi connectivity index (χ4v) is 9.88. The first kappa shape index (κ1) is 26.8. The van der Waals surface area contributed by atoms with E-state index in [1.165, 1.54) is 55.6 Å². The Morgan fingerprint density at radius 2 is 1.13 bits per heavy atom. The molecule has 0 spiro atoms. The number of aliphatic imine (C=N–C) groups is 1. The van der Waals surface area contributed by atoms with Crippen LogP contribution >= 0.6 is 24.0 Å². The topological polar surface area (TPSA) is 36.1 Å². The average molecular weight is 557 g/mol. The van der Waals surface area contributed by atoms with Gasteiger partial charge in [0.2, 0.25) is 0 Å². The maximum absolute atomic E-state index is 9.01. The lowest BCUT2D eigenvalue weighted by atomic mass is 9.89. The molecule has 1 aliphatic rings. The molecule has 0 saturated carbocycles. The molecule has 0 aliphatic carbocycles. The zero-order chi connectivity index (χ0) is 27.2. The predicted octanol–water partition coefficient (Wildman–Crippen LogP) is 9.33. The van der Waals surface area contributed by atoms with Gasteiger partial charge in [-0.25, -0.2) is 4.99 Å². The number of thiocarbonyl (C=S) groups is 1. The van der Waals surface area contributed by atoms with Gasteiger partial charge in [0.25, 0.3) is 0 Å². The van der Waals surface area contributed by atoms with Crippen molar-refractivity contribution in [1.82, 2.24) is 0 Å². The summed E-state index contributed by atoms with van der Waals surface area (Å²) >= 11 is 6.05. The summed E-state index contributed by atoms with van der Waals surface area (Å²) < 4.78 is 0. The fourth-order valence-electron chi connectivity index (χ4n) is 5.58. The lowest BCUT2D eigenvalue weighted by Gasteiger charge is -2.27. The number of hydrogen-bond donors (Lipinski definition) is 0. The van der Waals surface area contributed by atoms with Crippen LogP contribution in [0.5, 0.6) is 0 Å². The Kier molecular flexibility index (Phi) is 8.21. The first-order valence-corrected chi connectivity index (χ1v) is 17.3. The molecule has 1 aliphatic heterocycles. The van der Waals surface area contributed by atoms with Crippen molar-refractivity contribution >= 4 is 58.8 Å². The van der Waals surface area contributed by atoms with E-state index >= 15 is 0 Å². The van der Waals surface area contributed by atoms with Gasteiger partial charge in [0.1, 0.15) is 13.5 Å². The summed E-state index contributed by atoms with van der Waals surface area (Å²) in [6, 6.07) is 39.3. The quantitative estimate of drug-likeness (QED) is 0.0939. The zero-order valence-electron chi connectivity index (χ0n) is 22.0. The van der Waals surface area contributed by atoms with E-state index in [0.717, 1.165) is 11.1 Å². The van der Waals surface area contributed by atoms with Crippen LogP contribution in [-0.2, 0) is 12.3 Å². The van der Waals surface area contributed by atoms with Gasteiger partial charge in [-0.15, -0.1) is 0 Å². The van der Waals surface area contributed by atoms with Crippen LogP contribution in [0.4, 0.5) is 0 Å². The lowest BCUT2D eigenvalue weighted by Crippen LogP contribution is -2.28. The minimum Gasteiger partial charge on any atom is -0.228 e. The van der Waals surface area contributed by atoms with Gasteiger partial charge in [0.05, 0.1) is 11.7 Å². The molecule has 1 heterocycles. The van der Waals surface area contributed by atoms with Crippen LogP contribution in [0.3, 0.4) is 0 Å². The SMILES string of the molecule is C[Si]1(C)C(c2ccc(CN=C=S)cc2)=C(c2ccccc2)C(c2ccccc2)=C1c1ccc(CSC#N)cc1. The lowest BCUT2D eigenvalue weighted by molar-refractivity contribution is 1.08. The first-order valence-electron chi connectivity index (χ1n) is 12.9. The largest absolute Gasteiger partial charge is 0.228 e. The van der Waals surface area contributed by atoms with Crippen LogP contribution in [0.15, 0.2) is 114 Å². The molecule has 5 heteroatoms. The molecule has 0 aromatic heterocycles. The van der Waals surface area contributed by atoms with Crippen molar-refractivity contribution < 1.29 is 0 Å². The molecule has 0 N–H and O–H groups in total. The summed E-state index contributed by atoms with van der Waals surface area (Å²) in [5.41, 5.74) is 9.91. The highest BCUT2D eigenvalue weighted by Crippen LogP contribution is 2.55. The fraction of sp³-hybridized carbons (Fsp3) is 0.118. The molecule has 0 unspecified atom stereocenters. The Balaban J connectivity index is 1.77. The molecule has 2 nitrogen and oxygen atoms in total. The smallest absolute Gasteiger partial charge is 0.133 e. The van der Waals surface area contributed by atoms with Crippen molar-refractivity contribution in [3.05, 3.63) is 143 Å². The Hall–Kier alpha value is -3.78. The minimum atomic E-state index is -2.21. The Labute approximate surface area is 241 Å². The van der Waals surface area contributed by atoms with Gasteiger partial charge in [-0.3, -0.25) is 0 Å². The van der Waals surface area contributed by atoms with Gasteiger partial charge in [0, 0.05) is 5.75 Å². The maximum Gasteiger partial charge on any atom is 0.133 e. The first-order chi connectivity index (χ1) is 19.0. The molecule has 0 atom stereocenters. The summed E-state index contributed by atoms with van der Waals surface area (Å²) in [5.74, 6) is 0.695. The van der Waals surface area contributed by atoms with Gasteiger partial charge >= 0.3 is 0 Å². The average Bonchev–Trinajstić information content (AvgIpc) is 3.23. The van der Waals surface area contributed by atoms with Crippen LogP contribution in [0.25, 0.3) is 21.5 Å². The minimum absolute atomic E-state index is 0.546. The van der Waals surface area contributed by atoms with Gasteiger partial charge in [-0.2, -0.15) is 5.26 Å². The second-order valence-electron chi connectivity index (χ2n) is 10.0. The second kappa shape index (κ2) is 11.9. The van der Waals surface area contributed by atoms with Gasteiger partial charge < -0.3 is 0 Å². The van der Waals surface area contributed by atoms with Crippen molar-refractivity contribution in [3.63, 3.8) is 0 Å². The molecular weight excluding hydrogens is 529 g/mol. The number of thioether (sulfide) groups is 1. The van der Waals surface area contributed by atoms with Crippen molar-refractivity contribution in [2.75, 3.05) is 0 Å². The number of thiocyanates is 1. The van der Waals surface area contributed by atoms with Crippen molar-refractivity contribution in [2.24, 2.45) is 4.99 Å². The zero-order valence-corrected chi connectivity index (χ0v) is 24.7. The van der Waals surface area contributed by atoms with Gasteiger partial charge in [0.15, 0.2) is 0 Å². The molecule has 0 bridgehead atoms. The van der Waals surface area contributed by atoms with E-state index in [1.807, 2.05) is 0 Å². The number of hydrogen-bond acceptors (Lipinski definition) is 4. The Morgan fingerprint density at radius 1 is 0.667 bits per heavy atom. The highest BCUT2D eigenvalue weighted by molar-refractivity contribution is 8.02. The summed E-state index contributed by atoms with van der Waals surface area (Å²) in [7, 11) is -2.21. The molecule has 190 valence electrons. The maximum atomic E-state index is 9.01. The van der Waals surface area contributed by atoms with Gasteiger partial charge in [-0.05, 0) is 78.9 Å². The van der Waals surface area contributed by atoms with Crippen LogP contribution < -0.4 is 0 Å². The highest BCUT2D eigenvalue weighted by atomic mass is 32.2. The molecular formula is C34H28N2S2Si. The monoisotopic (exact) mass is 556 g/mol. The standard InChI is InChI=1S/C34H28N2S2Si/c1-39(2)33(29-17-13-25(14-18-29)21-36-24-37)31(27-9-5-3-6-10-27)32(28-11-7-4-8-12-28)34(39)30-19-15-26(16-20-30)22-38-23-35/h3-20H,21-22H2,1-2H3. The highest BCUT2D eigenvalue weighted by Gasteiger charge is 2.43. The number of isothiocyanates is 1. The van der Waals surface area contributed by atoms with E-state index in [4.69, 9.17) is 17.5 Å². The third-order valence-corrected chi connectivity index (χ3v) is 11.6. The van der Waals surface area contributed by atoms with E-state index in [-0.39, 0.29) is 0 Å². The Bertz CT molecular complexity index is 1620. The molecule has 39 heavy (non-hydrogen) atoms. The van der Waals surface area contributed by atoms with Crippen LogP contribution in [-0.4, -0.2) is 13.2 Å². The van der Waals surface area contributed by atoms with E-state index in [1.54, 1.807) is 0 Å².